The molecular weight excluding hydrogens is 264 g/mol. The maximum absolute atomic E-state index is 12.4. The first kappa shape index (κ1) is 16.0. The molecule has 0 bridgehead atoms. The summed E-state index contributed by atoms with van der Waals surface area (Å²) in [5.74, 6) is 0.702. The van der Waals surface area contributed by atoms with Crippen LogP contribution in [0.2, 0.25) is 0 Å². The number of hydrogen-bond donors (Lipinski definition) is 2. The number of nitrogens with zero attached hydrogens (tertiary/aromatic N) is 2. The molecule has 21 heavy (non-hydrogen) atoms. The molecule has 0 aliphatic heterocycles. The highest BCUT2D eigenvalue weighted by Gasteiger charge is 2.37. The minimum absolute atomic E-state index is 0.0156. The molecule has 5 nitrogen and oxygen atoms in total. The van der Waals surface area contributed by atoms with Gasteiger partial charge in [-0.05, 0) is 46.7 Å². The summed E-state index contributed by atoms with van der Waals surface area (Å²) in [5.41, 5.74) is 2.37. The van der Waals surface area contributed by atoms with Crippen LogP contribution in [0.3, 0.4) is 0 Å². The van der Waals surface area contributed by atoms with E-state index in [2.05, 4.69) is 41.4 Å². The van der Waals surface area contributed by atoms with Crippen LogP contribution >= 0.6 is 0 Å². The Labute approximate surface area is 127 Å². The normalized spacial score (nSPS) is 26.1. The van der Waals surface area contributed by atoms with E-state index in [0.717, 1.165) is 30.1 Å². The van der Waals surface area contributed by atoms with Crippen molar-refractivity contribution in [2.24, 2.45) is 5.92 Å². The molecule has 1 aliphatic carbocycles. The molecule has 2 unspecified atom stereocenters. The van der Waals surface area contributed by atoms with Crippen LogP contribution in [0, 0.1) is 19.8 Å². The first-order chi connectivity index (χ1) is 9.85. The Kier molecular flexibility index (Phi) is 4.71. The third-order valence-electron chi connectivity index (χ3n) is 4.95. The van der Waals surface area contributed by atoms with Crippen molar-refractivity contribution in [2.75, 3.05) is 20.6 Å². The molecule has 0 radical (unpaired) electrons. The Morgan fingerprint density at radius 3 is 2.71 bits per heavy atom. The molecule has 0 aromatic carbocycles. The number of aromatic amines is 1. The first-order valence-electron chi connectivity index (χ1n) is 7.83. The van der Waals surface area contributed by atoms with Crippen LogP contribution in [-0.2, 0) is 0 Å². The van der Waals surface area contributed by atoms with Crippen LogP contribution in [0.15, 0.2) is 0 Å². The lowest BCUT2D eigenvalue weighted by Crippen LogP contribution is -2.55. The Morgan fingerprint density at radius 2 is 2.19 bits per heavy atom. The molecule has 1 aromatic rings. The number of aromatic nitrogens is 2. The molecule has 1 saturated carbocycles. The standard InChI is InChI=1S/C16H28N4O/c1-11-7-6-8-16(9-11,20(4)5)10-17-15(21)14-12(2)18-19-13(14)3/h11H,6-10H2,1-5H3,(H,17,21)(H,18,19). The maximum Gasteiger partial charge on any atom is 0.255 e. The van der Waals surface area contributed by atoms with Crippen molar-refractivity contribution in [2.45, 2.75) is 52.0 Å². The van der Waals surface area contributed by atoms with Crippen molar-refractivity contribution in [3.8, 4) is 0 Å². The van der Waals surface area contributed by atoms with E-state index in [-0.39, 0.29) is 11.4 Å². The number of H-pyrrole nitrogens is 1. The monoisotopic (exact) mass is 292 g/mol. The molecule has 1 amide bonds. The molecule has 1 fully saturated rings. The molecule has 118 valence electrons. The number of carbonyl (C=O) groups is 1. The largest absolute Gasteiger partial charge is 0.350 e. The smallest absolute Gasteiger partial charge is 0.255 e. The summed E-state index contributed by atoms with van der Waals surface area (Å²) in [7, 11) is 4.25. The SMILES string of the molecule is Cc1n[nH]c(C)c1C(=O)NCC1(N(C)C)CCCC(C)C1. The van der Waals surface area contributed by atoms with Gasteiger partial charge in [0.25, 0.3) is 5.91 Å². The summed E-state index contributed by atoms with van der Waals surface area (Å²) < 4.78 is 0. The molecule has 0 saturated heterocycles. The van der Waals surface area contributed by atoms with Crippen molar-refractivity contribution in [1.29, 1.82) is 0 Å². The molecule has 5 heteroatoms. The number of nitrogens with one attached hydrogen (secondary N) is 2. The quantitative estimate of drug-likeness (QED) is 0.895. The summed E-state index contributed by atoms with van der Waals surface area (Å²) in [6, 6.07) is 0. The molecule has 0 spiro atoms. The van der Waals surface area contributed by atoms with Gasteiger partial charge in [-0.25, -0.2) is 0 Å². The number of hydrogen-bond acceptors (Lipinski definition) is 3. The van der Waals surface area contributed by atoms with Gasteiger partial charge in [0.2, 0.25) is 0 Å². The van der Waals surface area contributed by atoms with Crippen molar-refractivity contribution >= 4 is 5.91 Å². The summed E-state index contributed by atoms with van der Waals surface area (Å²) in [6.07, 6.45) is 4.82. The van der Waals surface area contributed by atoms with Crippen molar-refractivity contribution < 1.29 is 4.79 Å². The molecule has 1 aromatic heterocycles. The van der Waals surface area contributed by atoms with Crippen molar-refractivity contribution in [3.05, 3.63) is 17.0 Å². The van der Waals surface area contributed by atoms with Gasteiger partial charge in [-0.3, -0.25) is 9.89 Å². The number of amides is 1. The average Bonchev–Trinajstić information content (AvgIpc) is 2.75. The van der Waals surface area contributed by atoms with Gasteiger partial charge in [0, 0.05) is 17.8 Å². The molecule has 1 aliphatic rings. The fourth-order valence-electron chi connectivity index (χ4n) is 3.58. The van der Waals surface area contributed by atoms with Crippen LogP contribution in [0.1, 0.15) is 54.4 Å². The predicted octanol–water partition coefficient (Wildman–Crippen LogP) is 2.27. The Hall–Kier alpha value is -1.36. The number of rotatable bonds is 4. The lowest BCUT2D eigenvalue weighted by molar-refractivity contribution is 0.0674. The van der Waals surface area contributed by atoms with E-state index in [9.17, 15) is 4.79 Å². The first-order valence-corrected chi connectivity index (χ1v) is 7.83. The third kappa shape index (κ3) is 3.28. The van der Waals surface area contributed by atoms with Gasteiger partial charge in [-0.1, -0.05) is 19.8 Å². The van der Waals surface area contributed by atoms with E-state index in [4.69, 9.17) is 0 Å². The van der Waals surface area contributed by atoms with Crippen LogP contribution in [0.25, 0.3) is 0 Å². The van der Waals surface area contributed by atoms with E-state index in [1.165, 1.54) is 12.8 Å². The zero-order chi connectivity index (χ0) is 15.6. The second kappa shape index (κ2) is 6.18. The fraction of sp³-hybridized carbons (Fsp3) is 0.750. The summed E-state index contributed by atoms with van der Waals surface area (Å²) in [5, 5.41) is 10.1. The second-order valence-corrected chi connectivity index (χ2v) is 6.81. The predicted molar refractivity (Wildman–Crippen MR) is 84.4 cm³/mol. The molecule has 2 N–H and O–H groups in total. The summed E-state index contributed by atoms with van der Waals surface area (Å²) in [4.78, 5) is 14.7. The second-order valence-electron chi connectivity index (χ2n) is 6.81. The average molecular weight is 292 g/mol. The molecular formula is C16H28N4O. The van der Waals surface area contributed by atoms with Crippen LogP contribution in [0.4, 0.5) is 0 Å². The number of aryl methyl sites for hydroxylation is 2. The number of carbonyl (C=O) groups excluding carboxylic acids is 1. The van der Waals surface area contributed by atoms with E-state index in [0.29, 0.717) is 12.1 Å². The topological polar surface area (TPSA) is 61.0 Å². The van der Waals surface area contributed by atoms with Gasteiger partial charge in [0.1, 0.15) is 0 Å². The minimum Gasteiger partial charge on any atom is -0.350 e. The Morgan fingerprint density at radius 1 is 1.48 bits per heavy atom. The highest BCUT2D eigenvalue weighted by Crippen LogP contribution is 2.35. The molecule has 2 atom stereocenters. The van der Waals surface area contributed by atoms with E-state index < -0.39 is 0 Å². The van der Waals surface area contributed by atoms with Gasteiger partial charge in [-0.15, -0.1) is 0 Å². The lowest BCUT2D eigenvalue weighted by atomic mass is 9.75. The highest BCUT2D eigenvalue weighted by molar-refractivity contribution is 5.96. The maximum atomic E-state index is 12.4. The third-order valence-corrected chi connectivity index (χ3v) is 4.95. The van der Waals surface area contributed by atoms with Crippen molar-refractivity contribution in [1.82, 2.24) is 20.4 Å². The van der Waals surface area contributed by atoms with Crippen LogP contribution in [-0.4, -0.2) is 47.2 Å². The Balaban J connectivity index is 2.07. The fourth-order valence-corrected chi connectivity index (χ4v) is 3.58. The van der Waals surface area contributed by atoms with E-state index >= 15 is 0 Å². The van der Waals surface area contributed by atoms with E-state index in [1.54, 1.807) is 0 Å². The van der Waals surface area contributed by atoms with Crippen molar-refractivity contribution in [3.63, 3.8) is 0 Å². The van der Waals surface area contributed by atoms with Gasteiger partial charge in [-0.2, -0.15) is 5.10 Å². The molecule has 2 rings (SSSR count). The highest BCUT2D eigenvalue weighted by atomic mass is 16.1. The van der Waals surface area contributed by atoms with Gasteiger partial charge in [0.15, 0.2) is 0 Å². The zero-order valence-electron chi connectivity index (χ0n) is 13.9. The minimum atomic E-state index is -0.0156. The van der Waals surface area contributed by atoms with Gasteiger partial charge < -0.3 is 10.2 Å². The Bertz CT molecular complexity index is 489. The molecule has 1 heterocycles. The summed E-state index contributed by atoms with van der Waals surface area (Å²) in [6.45, 7) is 6.76. The van der Waals surface area contributed by atoms with Crippen LogP contribution in [0.5, 0.6) is 0 Å². The lowest BCUT2D eigenvalue weighted by Gasteiger charge is -2.45. The van der Waals surface area contributed by atoms with Crippen LogP contribution < -0.4 is 5.32 Å². The van der Waals surface area contributed by atoms with E-state index in [1.807, 2.05) is 13.8 Å². The van der Waals surface area contributed by atoms with Gasteiger partial charge >= 0.3 is 0 Å². The number of likely N-dealkylation sites (N-methyl/N-ethyl adjacent to an activating group) is 1. The zero-order valence-corrected chi connectivity index (χ0v) is 13.9. The summed E-state index contributed by atoms with van der Waals surface area (Å²) >= 11 is 0. The van der Waals surface area contributed by atoms with Gasteiger partial charge in [0.05, 0.1) is 11.3 Å².